The molecule has 0 N–H and O–H groups in total. The molecule has 1 aliphatic carbocycles. The molecule has 0 amide bonds. The molecule has 0 unspecified atom stereocenters. The molecule has 0 spiro atoms. The zero-order valence-electron chi connectivity index (χ0n) is 29.3. The molecule has 248 valence electrons. The minimum Gasteiger partial charge on any atom is -0.0622 e. The zero-order valence-corrected chi connectivity index (χ0v) is 29.3. The summed E-state index contributed by atoms with van der Waals surface area (Å²) in [5, 5.41) is 2.54. The van der Waals surface area contributed by atoms with Crippen LogP contribution in [0.2, 0.25) is 0 Å². The van der Waals surface area contributed by atoms with Crippen LogP contribution in [0.5, 0.6) is 0 Å². The van der Waals surface area contributed by atoms with E-state index in [1.807, 2.05) is 0 Å². The second-order valence-electron chi connectivity index (χ2n) is 14.0. The number of hydrogen-bond acceptors (Lipinski definition) is 0. The molecule has 0 saturated carbocycles. The van der Waals surface area contributed by atoms with Gasteiger partial charge in [0, 0.05) is 0 Å². The molecule has 0 atom stereocenters. The fourth-order valence-corrected chi connectivity index (χ4v) is 8.77. The number of rotatable bonds is 6. The fraction of sp³-hybridized carbons (Fsp3) is 0.0189. The summed E-state index contributed by atoms with van der Waals surface area (Å²) in [5.74, 6) is 0. The van der Waals surface area contributed by atoms with E-state index in [1.54, 1.807) is 0 Å². The summed E-state index contributed by atoms with van der Waals surface area (Å²) in [4.78, 5) is 0. The van der Waals surface area contributed by atoms with Crippen LogP contribution in [0.3, 0.4) is 0 Å². The molecule has 10 rings (SSSR count). The molecule has 0 saturated heterocycles. The predicted octanol–water partition coefficient (Wildman–Crippen LogP) is 13.9. The van der Waals surface area contributed by atoms with Gasteiger partial charge in [-0.15, -0.1) is 0 Å². The summed E-state index contributed by atoms with van der Waals surface area (Å²) in [7, 11) is 0. The molecular weight excluding hydrogens is 637 g/mol. The van der Waals surface area contributed by atoms with Gasteiger partial charge in [-0.05, 0) is 113 Å². The van der Waals surface area contributed by atoms with Crippen LogP contribution >= 0.6 is 0 Å². The van der Waals surface area contributed by atoms with Crippen LogP contribution in [0, 0.1) is 0 Å². The molecule has 0 aliphatic heterocycles. The van der Waals surface area contributed by atoms with E-state index < -0.39 is 5.41 Å². The molecule has 0 aromatic heterocycles. The van der Waals surface area contributed by atoms with Crippen LogP contribution in [0.15, 0.2) is 218 Å². The second kappa shape index (κ2) is 12.8. The van der Waals surface area contributed by atoms with Gasteiger partial charge >= 0.3 is 0 Å². The molecule has 0 nitrogen and oxygen atoms in total. The first-order valence-electron chi connectivity index (χ1n) is 18.4. The van der Waals surface area contributed by atoms with Crippen LogP contribution in [-0.2, 0) is 5.41 Å². The Morgan fingerprint density at radius 1 is 0.245 bits per heavy atom. The van der Waals surface area contributed by atoms with E-state index in [4.69, 9.17) is 0 Å². The minimum absolute atomic E-state index is 0.546. The van der Waals surface area contributed by atoms with Crippen molar-refractivity contribution in [3.63, 3.8) is 0 Å². The molecule has 0 bridgehead atoms. The van der Waals surface area contributed by atoms with Crippen LogP contribution in [0.4, 0.5) is 0 Å². The summed E-state index contributed by atoms with van der Waals surface area (Å²) in [6, 6.07) is 80.4. The molecule has 0 heterocycles. The molecule has 0 heteroatoms. The van der Waals surface area contributed by atoms with Gasteiger partial charge in [0.25, 0.3) is 0 Å². The maximum atomic E-state index is 2.51. The third kappa shape index (κ3) is 5.06. The van der Waals surface area contributed by atoms with E-state index in [-0.39, 0.29) is 0 Å². The largest absolute Gasteiger partial charge is 0.0714 e. The monoisotopic (exact) mass is 672 g/mol. The molecule has 0 fully saturated rings. The van der Waals surface area contributed by atoms with Crippen molar-refractivity contribution in [2.45, 2.75) is 5.41 Å². The Bertz CT molecular complexity index is 2700. The van der Waals surface area contributed by atoms with Crippen molar-refractivity contribution in [1.82, 2.24) is 0 Å². The van der Waals surface area contributed by atoms with Gasteiger partial charge in [-0.1, -0.05) is 194 Å². The minimum atomic E-state index is -0.546. The van der Waals surface area contributed by atoms with Crippen molar-refractivity contribution >= 4 is 10.8 Å². The smallest absolute Gasteiger partial charge is 0.0622 e. The van der Waals surface area contributed by atoms with Crippen LogP contribution in [0.1, 0.15) is 22.3 Å². The SMILES string of the molecule is c1ccc(-c2cccc(-c3ccc4c(c3)C(c3ccccc3)(c3ccccc3)c3cc(-c5cccc(-c6ccccc6)c5)c5ccccc5c3-4)c2)cc1. The number of benzene rings is 9. The zero-order chi connectivity index (χ0) is 35.2. The molecule has 0 radical (unpaired) electrons. The summed E-state index contributed by atoms with van der Waals surface area (Å²) in [5.41, 5.74) is 17.0. The highest BCUT2D eigenvalue weighted by Gasteiger charge is 2.47. The van der Waals surface area contributed by atoms with Crippen molar-refractivity contribution in [3.05, 3.63) is 241 Å². The van der Waals surface area contributed by atoms with E-state index in [9.17, 15) is 0 Å². The Morgan fingerprint density at radius 3 is 1.26 bits per heavy atom. The summed E-state index contributed by atoms with van der Waals surface area (Å²) in [6.45, 7) is 0. The van der Waals surface area contributed by atoms with Gasteiger partial charge in [0.2, 0.25) is 0 Å². The standard InChI is InChI=1S/C53H36/c1-5-17-37(18-6-1)39-21-15-23-41(33-39)42-31-32-48-50(35-42)53(44-25-9-3-10-26-44,45-27-11-4-12-28-45)51-36-49(46-29-13-14-30-47(46)52(48)51)43-24-16-22-40(34-43)38-19-7-2-8-20-38/h1-36H. The first-order chi connectivity index (χ1) is 26.3. The van der Waals surface area contributed by atoms with Crippen molar-refractivity contribution < 1.29 is 0 Å². The number of fused-ring (bicyclic) bond motifs is 5. The molecular formula is C53H36. The maximum Gasteiger partial charge on any atom is 0.0714 e. The van der Waals surface area contributed by atoms with E-state index >= 15 is 0 Å². The molecule has 53 heavy (non-hydrogen) atoms. The van der Waals surface area contributed by atoms with Gasteiger partial charge in [0.05, 0.1) is 5.41 Å². The van der Waals surface area contributed by atoms with E-state index in [2.05, 4.69) is 218 Å². The van der Waals surface area contributed by atoms with Gasteiger partial charge in [0.15, 0.2) is 0 Å². The van der Waals surface area contributed by atoms with Gasteiger partial charge in [0.1, 0.15) is 0 Å². The van der Waals surface area contributed by atoms with Gasteiger partial charge in [-0.2, -0.15) is 0 Å². The molecule has 9 aromatic rings. The Morgan fingerprint density at radius 2 is 0.679 bits per heavy atom. The topological polar surface area (TPSA) is 0 Å². The highest BCUT2D eigenvalue weighted by molar-refractivity contribution is 6.10. The van der Waals surface area contributed by atoms with Crippen molar-refractivity contribution in [3.8, 4) is 55.6 Å². The van der Waals surface area contributed by atoms with E-state index in [0.29, 0.717) is 0 Å². The fourth-order valence-electron chi connectivity index (χ4n) is 8.77. The third-order valence-corrected chi connectivity index (χ3v) is 11.1. The Balaban J connectivity index is 1.28. The lowest BCUT2D eigenvalue weighted by molar-refractivity contribution is 0.769. The maximum absolute atomic E-state index is 2.51. The average molecular weight is 673 g/mol. The lowest BCUT2D eigenvalue weighted by Crippen LogP contribution is -2.28. The highest BCUT2D eigenvalue weighted by atomic mass is 14.5. The van der Waals surface area contributed by atoms with Crippen LogP contribution in [-0.4, -0.2) is 0 Å². The third-order valence-electron chi connectivity index (χ3n) is 11.1. The Labute approximate surface area is 311 Å². The molecule has 1 aliphatic rings. The normalized spacial score (nSPS) is 12.7. The van der Waals surface area contributed by atoms with Crippen molar-refractivity contribution in [1.29, 1.82) is 0 Å². The predicted molar refractivity (Wildman–Crippen MR) is 223 cm³/mol. The second-order valence-corrected chi connectivity index (χ2v) is 14.0. The first-order valence-corrected chi connectivity index (χ1v) is 18.4. The summed E-state index contributed by atoms with van der Waals surface area (Å²) in [6.07, 6.45) is 0. The lowest BCUT2D eigenvalue weighted by Gasteiger charge is -2.34. The lowest BCUT2D eigenvalue weighted by atomic mass is 9.67. The first kappa shape index (κ1) is 31.0. The molecule has 9 aromatic carbocycles. The Hall–Kier alpha value is -6.76. The summed E-state index contributed by atoms with van der Waals surface area (Å²) >= 11 is 0. The highest BCUT2D eigenvalue weighted by Crippen LogP contribution is 2.59. The van der Waals surface area contributed by atoms with E-state index in [1.165, 1.54) is 88.7 Å². The van der Waals surface area contributed by atoms with Crippen molar-refractivity contribution in [2.75, 3.05) is 0 Å². The van der Waals surface area contributed by atoms with Gasteiger partial charge in [-0.25, -0.2) is 0 Å². The Kier molecular flexibility index (Phi) is 7.48. The van der Waals surface area contributed by atoms with Crippen molar-refractivity contribution in [2.24, 2.45) is 0 Å². The van der Waals surface area contributed by atoms with Crippen LogP contribution < -0.4 is 0 Å². The van der Waals surface area contributed by atoms with Crippen LogP contribution in [0.25, 0.3) is 66.4 Å². The quantitative estimate of drug-likeness (QED) is 0.165. The van der Waals surface area contributed by atoms with E-state index in [0.717, 1.165) is 0 Å². The summed E-state index contributed by atoms with van der Waals surface area (Å²) < 4.78 is 0. The average Bonchev–Trinajstić information content (AvgIpc) is 3.55. The van der Waals surface area contributed by atoms with Gasteiger partial charge in [-0.3, -0.25) is 0 Å². The van der Waals surface area contributed by atoms with Gasteiger partial charge < -0.3 is 0 Å². The number of hydrogen-bond donors (Lipinski definition) is 0.